The summed E-state index contributed by atoms with van der Waals surface area (Å²) in [6, 6.07) is 14.4. The Kier molecular flexibility index (Phi) is 6.13. The Bertz CT molecular complexity index is 986. The van der Waals surface area contributed by atoms with E-state index in [1.807, 2.05) is 32.0 Å². The van der Waals surface area contributed by atoms with Crippen LogP contribution in [0.5, 0.6) is 5.75 Å². The molecule has 140 valence electrons. The fourth-order valence-electron chi connectivity index (χ4n) is 2.60. The molecule has 0 saturated carbocycles. The molecule has 0 radical (unpaired) electrons. The van der Waals surface area contributed by atoms with Gasteiger partial charge < -0.3 is 15.0 Å². The minimum Gasteiger partial charge on any atom is -0.494 e. The van der Waals surface area contributed by atoms with Crippen LogP contribution in [0.2, 0.25) is 0 Å². The van der Waals surface area contributed by atoms with Gasteiger partial charge in [-0.15, -0.1) is 0 Å². The summed E-state index contributed by atoms with van der Waals surface area (Å²) in [7, 11) is 0. The number of benzene rings is 2. The number of nitrogens with one attached hydrogen (secondary N) is 2. The summed E-state index contributed by atoms with van der Waals surface area (Å²) in [6.45, 7) is 4.44. The van der Waals surface area contributed by atoms with Gasteiger partial charge in [-0.2, -0.15) is 0 Å². The fourth-order valence-corrected chi connectivity index (χ4v) is 3.51. The van der Waals surface area contributed by atoms with Crippen molar-refractivity contribution in [1.29, 1.82) is 0 Å². The van der Waals surface area contributed by atoms with Gasteiger partial charge in [0.15, 0.2) is 5.16 Å². The van der Waals surface area contributed by atoms with Crippen LogP contribution >= 0.6 is 11.8 Å². The van der Waals surface area contributed by atoms with E-state index in [0.29, 0.717) is 34.8 Å². The molecule has 0 aliphatic rings. The van der Waals surface area contributed by atoms with Crippen LogP contribution < -0.4 is 15.6 Å². The Morgan fingerprint density at radius 2 is 1.93 bits per heavy atom. The number of hydrogen-bond acceptors (Lipinski definition) is 5. The van der Waals surface area contributed by atoms with Crippen molar-refractivity contribution in [1.82, 2.24) is 9.97 Å². The highest BCUT2D eigenvalue weighted by Gasteiger charge is 2.20. The standard InChI is InChI=1S/C20H21N3O3S/c1-3-17(19(25)21-13-9-11-14(12-10-13)26-4-2)27-20-22-16-8-6-5-7-15(16)18(24)23-20/h5-12,17H,3-4H2,1-2H3,(H,21,25)(H,22,23,24). The van der Waals surface area contributed by atoms with Crippen molar-refractivity contribution in [3.8, 4) is 5.75 Å². The van der Waals surface area contributed by atoms with Crippen molar-refractivity contribution in [3.63, 3.8) is 0 Å². The van der Waals surface area contributed by atoms with Gasteiger partial charge >= 0.3 is 0 Å². The molecule has 1 aromatic heterocycles. The van der Waals surface area contributed by atoms with Crippen molar-refractivity contribution < 1.29 is 9.53 Å². The third-order valence-corrected chi connectivity index (χ3v) is 5.19. The lowest BCUT2D eigenvalue weighted by atomic mass is 10.2. The topological polar surface area (TPSA) is 84.1 Å². The third kappa shape index (κ3) is 4.68. The van der Waals surface area contributed by atoms with Crippen molar-refractivity contribution in [2.24, 2.45) is 0 Å². The largest absolute Gasteiger partial charge is 0.494 e. The predicted octanol–water partition coefficient (Wildman–Crippen LogP) is 3.83. The van der Waals surface area contributed by atoms with E-state index in [-0.39, 0.29) is 16.7 Å². The zero-order valence-electron chi connectivity index (χ0n) is 15.2. The van der Waals surface area contributed by atoms with E-state index < -0.39 is 0 Å². The molecule has 1 unspecified atom stereocenters. The second-order valence-corrected chi connectivity index (χ2v) is 7.04. The van der Waals surface area contributed by atoms with Crippen LogP contribution in [0.4, 0.5) is 5.69 Å². The number of ether oxygens (including phenoxy) is 1. The Morgan fingerprint density at radius 1 is 1.19 bits per heavy atom. The molecular formula is C20H21N3O3S. The highest BCUT2D eigenvalue weighted by atomic mass is 32.2. The molecule has 1 amide bonds. The number of H-pyrrole nitrogens is 1. The van der Waals surface area contributed by atoms with Crippen molar-refractivity contribution in [2.45, 2.75) is 30.7 Å². The number of nitrogens with zero attached hydrogens (tertiary/aromatic N) is 1. The quantitative estimate of drug-likeness (QED) is 0.478. The number of rotatable bonds is 7. The summed E-state index contributed by atoms with van der Waals surface area (Å²) in [5, 5.41) is 3.50. The van der Waals surface area contributed by atoms with Crippen molar-refractivity contribution in [2.75, 3.05) is 11.9 Å². The molecule has 6 nitrogen and oxygen atoms in total. The Balaban J connectivity index is 1.72. The van der Waals surface area contributed by atoms with E-state index in [0.717, 1.165) is 5.75 Å². The Labute approximate surface area is 161 Å². The van der Waals surface area contributed by atoms with Crippen LogP contribution in [0.1, 0.15) is 20.3 Å². The van der Waals surface area contributed by atoms with Crippen LogP contribution in [0.15, 0.2) is 58.5 Å². The normalized spacial score (nSPS) is 11.9. The van der Waals surface area contributed by atoms with E-state index in [4.69, 9.17) is 4.74 Å². The molecule has 3 rings (SSSR count). The first kappa shape index (κ1) is 19.0. The maximum absolute atomic E-state index is 12.6. The van der Waals surface area contributed by atoms with E-state index in [1.54, 1.807) is 30.3 Å². The molecule has 0 saturated heterocycles. The molecular weight excluding hydrogens is 362 g/mol. The zero-order valence-corrected chi connectivity index (χ0v) is 16.0. The number of aromatic nitrogens is 2. The maximum Gasteiger partial charge on any atom is 0.259 e. The SMILES string of the molecule is CCOc1ccc(NC(=O)C(CC)Sc2nc3ccccc3c(=O)[nH]2)cc1. The molecule has 27 heavy (non-hydrogen) atoms. The Hall–Kier alpha value is -2.80. The number of anilines is 1. The van der Waals surface area contributed by atoms with E-state index in [2.05, 4.69) is 15.3 Å². The first-order valence-corrected chi connectivity index (χ1v) is 9.68. The maximum atomic E-state index is 12.6. The molecule has 0 spiro atoms. The van der Waals surface area contributed by atoms with Gasteiger partial charge in [0.2, 0.25) is 5.91 Å². The summed E-state index contributed by atoms with van der Waals surface area (Å²) >= 11 is 1.25. The average Bonchev–Trinajstić information content (AvgIpc) is 2.68. The number of fused-ring (bicyclic) bond motifs is 1. The lowest BCUT2D eigenvalue weighted by Crippen LogP contribution is -2.25. The molecule has 0 aliphatic heterocycles. The predicted molar refractivity (Wildman–Crippen MR) is 109 cm³/mol. The van der Waals surface area contributed by atoms with Crippen LogP contribution in [0.25, 0.3) is 10.9 Å². The van der Waals surface area contributed by atoms with Gasteiger partial charge in [-0.25, -0.2) is 4.98 Å². The number of aromatic amines is 1. The summed E-state index contributed by atoms with van der Waals surface area (Å²) in [6.07, 6.45) is 0.601. The van der Waals surface area contributed by atoms with Crippen molar-refractivity contribution in [3.05, 3.63) is 58.9 Å². The molecule has 3 aromatic rings. The smallest absolute Gasteiger partial charge is 0.259 e. The van der Waals surface area contributed by atoms with Gasteiger partial charge in [0, 0.05) is 5.69 Å². The summed E-state index contributed by atoms with van der Waals surface area (Å²) in [4.78, 5) is 32.0. The molecule has 1 atom stereocenters. The first-order valence-electron chi connectivity index (χ1n) is 8.80. The fraction of sp³-hybridized carbons (Fsp3) is 0.250. The molecule has 7 heteroatoms. The second kappa shape index (κ2) is 8.73. The van der Waals surface area contributed by atoms with Crippen molar-refractivity contribution >= 4 is 34.3 Å². The molecule has 2 aromatic carbocycles. The summed E-state index contributed by atoms with van der Waals surface area (Å²) < 4.78 is 5.40. The van der Waals surface area contributed by atoms with Gasteiger partial charge in [0.1, 0.15) is 5.75 Å². The van der Waals surface area contributed by atoms with Gasteiger partial charge in [0.05, 0.1) is 22.8 Å². The number of thioether (sulfide) groups is 1. The Morgan fingerprint density at radius 3 is 2.63 bits per heavy atom. The van der Waals surface area contributed by atoms with Crippen LogP contribution in [-0.2, 0) is 4.79 Å². The van der Waals surface area contributed by atoms with E-state index in [9.17, 15) is 9.59 Å². The molecule has 1 heterocycles. The second-order valence-electron chi connectivity index (χ2n) is 5.85. The number of amides is 1. The van der Waals surface area contributed by atoms with E-state index >= 15 is 0 Å². The molecule has 0 fully saturated rings. The molecule has 2 N–H and O–H groups in total. The lowest BCUT2D eigenvalue weighted by molar-refractivity contribution is -0.115. The lowest BCUT2D eigenvalue weighted by Gasteiger charge is -2.14. The van der Waals surface area contributed by atoms with Crippen LogP contribution in [-0.4, -0.2) is 27.7 Å². The monoisotopic (exact) mass is 383 g/mol. The number of hydrogen-bond donors (Lipinski definition) is 2. The zero-order chi connectivity index (χ0) is 19.2. The highest BCUT2D eigenvalue weighted by molar-refractivity contribution is 8.00. The highest BCUT2D eigenvalue weighted by Crippen LogP contribution is 2.24. The van der Waals surface area contributed by atoms with Gasteiger partial charge in [-0.3, -0.25) is 9.59 Å². The number of para-hydroxylation sites is 1. The van der Waals surface area contributed by atoms with Crippen LogP contribution in [0.3, 0.4) is 0 Å². The first-order chi connectivity index (χ1) is 13.1. The van der Waals surface area contributed by atoms with E-state index in [1.165, 1.54) is 11.8 Å². The third-order valence-electron chi connectivity index (χ3n) is 3.94. The minimum absolute atomic E-state index is 0.137. The average molecular weight is 383 g/mol. The van der Waals surface area contributed by atoms with Gasteiger partial charge in [0.25, 0.3) is 5.56 Å². The molecule has 0 bridgehead atoms. The minimum atomic E-state index is -0.374. The van der Waals surface area contributed by atoms with Gasteiger partial charge in [-0.05, 0) is 49.7 Å². The van der Waals surface area contributed by atoms with Gasteiger partial charge in [-0.1, -0.05) is 30.8 Å². The number of carbonyl (C=O) groups is 1. The molecule has 0 aliphatic carbocycles. The van der Waals surface area contributed by atoms with Crippen LogP contribution in [0, 0.1) is 0 Å². The summed E-state index contributed by atoms with van der Waals surface area (Å²) in [5.74, 6) is 0.623. The summed E-state index contributed by atoms with van der Waals surface area (Å²) in [5.41, 5.74) is 1.11. The number of carbonyl (C=O) groups excluding carboxylic acids is 1.